The van der Waals surface area contributed by atoms with Gasteiger partial charge in [0, 0.05) is 12.0 Å². The lowest BCUT2D eigenvalue weighted by Crippen LogP contribution is -3.13. The fraction of sp³-hybridized carbons (Fsp3) is 0.364. The number of hydrogen-bond acceptors (Lipinski definition) is 4. The molecule has 0 fully saturated rings. The van der Waals surface area contributed by atoms with Crippen molar-refractivity contribution in [3.63, 3.8) is 0 Å². The number of carbonyl (C=O) groups is 2. The Morgan fingerprint density at radius 3 is 2.39 bits per heavy atom. The Morgan fingerprint density at radius 2 is 1.68 bits per heavy atom. The van der Waals surface area contributed by atoms with Gasteiger partial charge in [-0.3, -0.25) is 14.5 Å². The predicted molar refractivity (Wildman–Crippen MR) is 105 cm³/mol. The lowest BCUT2D eigenvalue weighted by molar-refractivity contribution is -0.914. The molecule has 1 unspecified atom stereocenters. The number of Topliss-reactive ketones (excluding diaryl/α,β-unsaturated/α-hetero) is 1. The van der Waals surface area contributed by atoms with Crippen molar-refractivity contribution in [1.29, 1.82) is 0 Å². The molecule has 146 valence electrons. The Bertz CT molecular complexity index is 925. The topological polar surface area (TPSA) is 60.3 Å². The van der Waals surface area contributed by atoms with Crippen LogP contribution in [0.15, 0.2) is 36.4 Å². The Kier molecular flexibility index (Phi) is 5.05. The highest BCUT2D eigenvalue weighted by molar-refractivity contribution is 6.52. The predicted octanol–water partition coefficient (Wildman–Crippen LogP) is 1.61. The van der Waals surface area contributed by atoms with Crippen LogP contribution in [0, 0.1) is 0 Å². The number of ketones is 1. The van der Waals surface area contributed by atoms with Crippen LogP contribution >= 0.6 is 0 Å². The first-order valence-corrected chi connectivity index (χ1v) is 9.82. The average Bonchev–Trinajstić information content (AvgIpc) is 2.94. The number of fused-ring (bicyclic) bond motifs is 2. The fourth-order valence-corrected chi connectivity index (χ4v) is 4.01. The van der Waals surface area contributed by atoms with Gasteiger partial charge in [0.2, 0.25) is 0 Å². The van der Waals surface area contributed by atoms with Crippen molar-refractivity contribution < 1.29 is 24.0 Å². The Morgan fingerprint density at radius 1 is 1.00 bits per heavy atom. The SMILES string of the molecule is CCOc1cc2c(cc1OCC)C[NH+](CN1C(=O)C(=O)c3ccccc31)CC2. The molecule has 1 amide bonds. The first kappa shape index (κ1) is 18.5. The number of nitrogens with one attached hydrogen (secondary N) is 1. The van der Waals surface area contributed by atoms with Gasteiger partial charge in [0.05, 0.1) is 31.0 Å². The zero-order valence-corrected chi connectivity index (χ0v) is 16.3. The van der Waals surface area contributed by atoms with E-state index < -0.39 is 11.7 Å². The van der Waals surface area contributed by atoms with Crippen LogP contribution in [-0.4, -0.2) is 38.1 Å². The summed E-state index contributed by atoms with van der Waals surface area (Å²) in [5.41, 5.74) is 3.70. The molecule has 2 heterocycles. The van der Waals surface area contributed by atoms with Gasteiger partial charge in [0.25, 0.3) is 5.78 Å². The van der Waals surface area contributed by atoms with Crippen molar-refractivity contribution in [1.82, 2.24) is 0 Å². The van der Waals surface area contributed by atoms with Crippen molar-refractivity contribution in [2.75, 3.05) is 31.3 Å². The second-order valence-corrected chi connectivity index (χ2v) is 7.10. The van der Waals surface area contributed by atoms with Crippen LogP contribution < -0.4 is 19.3 Å². The second kappa shape index (κ2) is 7.64. The number of para-hydroxylation sites is 1. The van der Waals surface area contributed by atoms with Gasteiger partial charge in [-0.25, -0.2) is 0 Å². The van der Waals surface area contributed by atoms with E-state index in [1.54, 1.807) is 17.0 Å². The van der Waals surface area contributed by atoms with Gasteiger partial charge >= 0.3 is 5.91 Å². The lowest BCUT2D eigenvalue weighted by Gasteiger charge is -2.30. The first-order valence-electron chi connectivity index (χ1n) is 9.82. The summed E-state index contributed by atoms with van der Waals surface area (Å²) in [4.78, 5) is 27.6. The van der Waals surface area contributed by atoms with Crippen molar-refractivity contribution >= 4 is 17.4 Å². The third kappa shape index (κ3) is 3.24. The Labute approximate surface area is 164 Å². The molecule has 2 aliphatic rings. The maximum atomic E-state index is 12.5. The van der Waals surface area contributed by atoms with E-state index in [-0.39, 0.29) is 0 Å². The number of hydrogen-bond donors (Lipinski definition) is 1. The van der Waals surface area contributed by atoms with Gasteiger partial charge in [0.15, 0.2) is 18.2 Å². The van der Waals surface area contributed by atoms with Gasteiger partial charge in [0.1, 0.15) is 6.54 Å². The van der Waals surface area contributed by atoms with Crippen LogP contribution in [0.4, 0.5) is 5.69 Å². The maximum Gasteiger partial charge on any atom is 0.303 e. The molecule has 28 heavy (non-hydrogen) atoms. The summed E-state index contributed by atoms with van der Waals surface area (Å²) >= 11 is 0. The summed E-state index contributed by atoms with van der Waals surface area (Å²) in [5.74, 6) is 0.719. The number of quaternary nitrogens is 1. The molecular formula is C22H25N2O4+. The van der Waals surface area contributed by atoms with Crippen molar-refractivity contribution in [2.24, 2.45) is 0 Å². The molecule has 2 aromatic rings. The molecule has 6 heteroatoms. The van der Waals surface area contributed by atoms with Crippen LogP contribution in [-0.2, 0) is 17.8 Å². The summed E-state index contributed by atoms with van der Waals surface area (Å²) < 4.78 is 11.5. The molecule has 1 N–H and O–H groups in total. The molecule has 0 bridgehead atoms. The first-order chi connectivity index (χ1) is 13.6. The van der Waals surface area contributed by atoms with Crippen molar-refractivity contribution in [3.8, 4) is 11.5 Å². The molecule has 2 aliphatic heterocycles. The third-order valence-electron chi connectivity index (χ3n) is 5.31. The van der Waals surface area contributed by atoms with Crippen LogP contribution in [0.25, 0.3) is 0 Å². The Balaban J connectivity index is 1.55. The van der Waals surface area contributed by atoms with Gasteiger partial charge in [-0.15, -0.1) is 0 Å². The van der Waals surface area contributed by atoms with E-state index in [0.717, 1.165) is 36.7 Å². The molecule has 0 spiro atoms. The summed E-state index contributed by atoms with van der Waals surface area (Å²) in [6.07, 6.45) is 0.898. The van der Waals surface area contributed by atoms with E-state index >= 15 is 0 Å². The van der Waals surface area contributed by atoms with Crippen LogP contribution in [0.1, 0.15) is 35.3 Å². The zero-order chi connectivity index (χ0) is 19.7. The number of amides is 1. The number of carbonyl (C=O) groups excluding carboxylic acids is 2. The van der Waals surface area contributed by atoms with E-state index in [2.05, 4.69) is 12.1 Å². The van der Waals surface area contributed by atoms with E-state index in [0.29, 0.717) is 25.4 Å². The molecule has 2 aromatic carbocycles. The highest BCUT2D eigenvalue weighted by atomic mass is 16.5. The van der Waals surface area contributed by atoms with Crippen LogP contribution in [0.5, 0.6) is 11.5 Å². The minimum absolute atomic E-state index is 0.410. The van der Waals surface area contributed by atoms with Crippen molar-refractivity contribution in [2.45, 2.75) is 26.8 Å². The zero-order valence-electron chi connectivity index (χ0n) is 16.3. The highest BCUT2D eigenvalue weighted by Gasteiger charge is 2.38. The van der Waals surface area contributed by atoms with Gasteiger partial charge < -0.3 is 14.4 Å². The minimum atomic E-state index is -0.429. The Hall–Kier alpha value is -2.86. The summed E-state index contributed by atoms with van der Waals surface area (Å²) in [7, 11) is 0. The third-order valence-corrected chi connectivity index (χ3v) is 5.31. The average molecular weight is 381 g/mol. The van der Waals surface area contributed by atoms with Crippen molar-refractivity contribution in [3.05, 3.63) is 53.1 Å². The molecule has 0 saturated carbocycles. The van der Waals surface area contributed by atoms with Gasteiger partial charge in [-0.1, -0.05) is 12.1 Å². The van der Waals surface area contributed by atoms with Gasteiger partial charge in [-0.05, 0) is 43.7 Å². The second-order valence-electron chi connectivity index (χ2n) is 7.10. The number of nitrogens with zero attached hydrogens (tertiary/aromatic N) is 1. The number of anilines is 1. The van der Waals surface area contributed by atoms with Crippen LogP contribution in [0.2, 0.25) is 0 Å². The molecule has 4 rings (SSSR count). The smallest absolute Gasteiger partial charge is 0.303 e. The summed E-state index contributed by atoms with van der Waals surface area (Å²) in [6, 6.07) is 11.4. The molecule has 0 saturated heterocycles. The standard InChI is InChI=1S/C22H24N2O4/c1-3-27-19-11-15-9-10-23(13-16(15)12-20(19)28-4-2)14-24-18-8-6-5-7-17(18)21(25)22(24)26/h5-8,11-12H,3-4,9-10,13-14H2,1-2H3/p+1. The largest absolute Gasteiger partial charge is 0.490 e. The molecule has 1 atom stereocenters. The molecule has 0 aliphatic carbocycles. The van der Waals surface area contributed by atoms with E-state index in [1.807, 2.05) is 26.0 Å². The quantitative estimate of drug-likeness (QED) is 0.773. The molecule has 6 nitrogen and oxygen atoms in total. The highest BCUT2D eigenvalue weighted by Crippen LogP contribution is 2.32. The number of benzene rings is 2. The number of rotatable bonds is 6. The van der Waals surface area contributed by atoms with Gasteiger partial charge in [-0.2, -0.15) is 0 Å². The van der Waals surface area contributed by atoms with E-state index in [9.17, 15) is 9.59 Å². The summed E-state index contributed by atoms with van der Waals surface area (Å²) in [5, 5.41) is 0. The monoisotopic (exact) mass is 381 g/mol. The maximum absolute atomic E-state index is 12.5. The number of ether oxygens (including phenoxy) is 2. The van der Waals surface area contributed by atoms with Crippen LogP contribution in [0.3, 0.4) is 0 Å². The fourth-order valence-electron chi connectivity index (χ4n) is 4.01. The minimum Gasteiger partial charge on any atom is -0.490 e. The molecule has 0 radical (unpaired) electrons. The van der Waals surface area contributed by atoms with E-state index in [1.165, 1.54) is 16.0 Å². The molecular weight excluding hydrogens is 356 g/mol. The molecule has 0 aromatic heterocycles. The summed E-state index contributed by atoms with van der Waals surface area (Å²) in [6.45, 7) is 7.26. The normalized spacial score (nSPS) is 18.1. The van der Waals surface area contributed by atoms with E-state index in [4.69, 9.17) is 9.47 Å². The lowest BCUT2D eigenvalue weighted by atomic mass is 9.99.